The smallest absolute Gasteiger partial charge is 0.274 e. The van der Waals surface area contributed by atoms with Crippen molar-refractivity contribution in [2.75, 3.05) is 20.2 Å². The van der Waals surface area contributed by atoms with Crippen LogP contribution in [0.25, 0.3) is 10.6 Å². The molecule has 0 fully saturated rings. The zero-order valence-electron chi connectivity index (χ0n) is 18.6. The topological polar surface area (TPSA) is 97.6 Å². The lowest BCUT2D eigenvalue weighted by Crippen LogP contribution is -2.47. The summed E-state index contributed by atoms with van der Waals surface area (Å²) in [6.07, 6.45) is 2.49. The highest BCUT2D eigenvalue weighted by Gasteiger charge is 2.37. The fraction of sp³-hybridized carbons (Fsp3) is 0.391. The highest BCUT2D eigenvalue weighted by Crippen LogP contribution is 2.32. The maximum absolute atomic E-state index is 13.2. The van der Waals surface area contributed by atoms with Crippen LogP contribution >= 0.6 is 11.3 Å². The number of carbonyl (C=O) groups excluding carboxylic acids is 1. The van der Waals surface area contributed by atoms with Gasteiger partial charge in [-0.15, -0.1) is 10.2 Å². The molecule has 1 unspecified atom stereocenters. The van der Waals surface area contributed by atoms with Crippen LogP contribution in [0.5, 0.6) is 5.75 Å². The predicted octanol–water partition coefficient (Wildman–Crippen LogP) is 3.24. The lowest BCUT2D eigenvalue weighted by molar-refractivity contribution is 0.0332. The fourth-order valence-electron chi connectivity index (χ4n) is 4.00. The Morgan fingerprint density at radius 2 is 2.00 bits per heavy atom. The Kier molecular flexibility index (Phi) is 6.57. The molecular formula is C23H25FN4O4S. The van der Waals surface area contributed by atoms with E-state index in [-0.39, 0.29) is 35.1 Å². The molecule has 0 saturated heterocycles. The van der Waals surface area contributed by atoms with Crippen molar-refractivity contribution < 1.29 is 19.0 Å². The number of benzene rings is 1. The normalized spacial score (nSPS) is 16.7. The second kappa shape index (κ2) is 9.40. The summed E-state index contributed by atoms with van der Waals surface area (Å²) in [5, 5.41) is 20.1. The van der Waals surface area contributed by atoms with Crippen LogP contribution in [0.1, 0.15) is 47.4 Å². The van der Waals surface area contributed by atoms with Gasteiger partial charge < -0.3 is 19.3 Å². The molecule has 1 aromatic carbocycles. The van der Waals surface area contributed by atoms with Crippen LogP contribution < -0.4 is 5.43 Å². The molecule has 1 aliphatic heterocycles. The first-order chi connectivity index (χ1) is 15.8. The maximum Gasteiger partial charge on any atom is 0.274 e. The van der Waals surface area contributed by atoms with E-state index in [1.807, 2.05) is 13.8 Å². The number of halogens is 1. The minimum atomic E-state index is -0.666. The summed E-state index contributed by atoms with van der Waals surface area (Å²) < 4.78 is 20.3. The number of fused-ring (bicyclic) bond motifs is 1. The van der Waals surface area contributed by atoms with Crippen molar-refractivity contribution in [3.8, 4) is 16.3 Å². The van der Waals surface area contributed by atoms with Gasteiger partial charge in [0.1, 0.15) is 10.8 Å². The molecule has 0 bridgehead atoms. The number of methoxy groups -OCH3 is 1. The first-order valence-electron chi connectivity index (χ1n) is 10.7. The highest BCUT2D eigenvalue weighted by atomic mass is 32.1. The average Bonchev–Trinajstić information content (AvgIpc) is 3.27. The Bertz CT molecular complexity index is 1220. The second-order valence-electron chi connectivity index (χ2n) is 8.04. The third-order valence-electron chi connectivity index (χ3n) is 5.84. The Labute approximate surface area is 194 Å². The van der Waals surface area contributed by atoms with Gasteiger partial charge in [-0.25, -0.2) is 4.39 Å². The van der Waals surface area contributed by atoms with Crippen LogP contribution in [0.4, 0.5) is 4.39 Å². The van der Waals surface area contributed by atoms with Gasteiger partial charge in [-0.3, -0.25) is 9.59 Å². The van der Waals surface area contributed by atoms with Gasteiger partial charge in [0, 0.05) is 32.8 Å². The first-order valence-corrected chi connectivity index (χ1v) is 11.5. The summed E-state index contributed by atoms with van der Waals surface area (Å²) >= 11 is 1.22. The molecule has 2 atom stereocenters. The minimum Gasteiger partial charge on any atom is -0.503 e. The molecule has 2 aromatic heterocycles. The predicted molar refractivity (Wildman–Crippen MR) is 122 cm³/mol. The molecule has 8 nitrogen and oxygen atoms in total. The molecule has 0 saturated carbocycles. The Morgan fingerprint density at radius 1 is 1.27 bits per heavy atom. The molecule has 0 radical (unpaired) electrons. The van der Waals surface area contributed by atoms with Crippen molar-refractivity contribution in [3.63, 3.8) is 0 Å². The number of aromatic nitrogens is 3. The second-order valence-corrected chi connectivity index (χ2v) is 9.10. The maximum atomic E-state index is 13.2. The van der Waals surface area contributed by atoms with E-state index >= 15 is 0 Å². The Hall–Kier alpha value is -3.11. The van der Waals surface area contributed by atoms with Gasteiger partial charge >= 0.3 is 0 Å². The van der Waals surface area contributed by atoms with Crippen LogP contribution in [0.3, 0.4) is 0 Å². The summed E-state index contributed by atoms with van der Waals surface area (Å²) in [5.74, 6) is -1.30. The van der Waals surface area contributed by atoms with E-state index in [0.717, 1.165) is 12.0 Å². The van der Waals surface area contributed by atoms with Crippen molar-refractivity contribution in [2.24, 2.45) is 0 Å². The van der Waals surface area contributed by atoms with Gasteiger partial charge in [-0.1, -0.05) is 30.4 Å². The molecular weight excluding hydrogens is 447 g/mol. The minimum absolute atomic E-state index is 0.0339. The van der Waals surface area contributed by atoms with Gasteiger partial charge in [0.2, 0.25) is 5.43 Å². The fourth-order valence-corrected chi connectivity index (χ4v) is 4.88. The number of hydrogen-bond donors (Lipinski definition) is 1. The van der Waals surface area contributed by atoms with Crippen molar-refractivity contribution >= 4 is 17.2 Å². The van der Waals surface area contributed by atoms with Gasteiger partial charge in [-0.2, -0.15) is 0 Å². The van der Waals surface area contributed by atoms with E-state index < -0.39 is 11.2 Å². The molecule has 1 N–H and O–H groups in total. The quantitative estimate of drug-likeness (QED) is 0.567. The van der Waals surface area contributed by atoms with Gasteiger partial charge in [0.05, 0.1) is 17.7 Å². The number of rotatable bonds is 7. The van der Waals surface area contributed by atoms with Crippen LogP contribution in [0, 0.1) is 5.82 Å². The van der Waals surface area contributed by atoms with Crippen molar-refractivity contribution in [1.82, 2.24) is 19.7 Å². The van der Waals surface area contributed by atoms with Gasteiger partial charge in [-0.05, 0) is 31.0 Å². The molecule has 33 heavy (non-hydrogen) atoms. The summed E-state index contributed by atoms with van der Waals surface area (Å²) in [7, 11) is 1.58. The largest absolute Gasteiger partial charge is 0.503 e. The number of nitrogens with zero attached hydrogens (tertiary/aromatic N) is 4. The Balaban J connectivity index is 1.75. The van der Waals surface area contributed by atoms with Crippen LogP contribution in [0.2, 0.25) is 0 Å². The number of amides is 1. The third-order valence-corrected chi connectivity index (χ3v) is 6.79. The molecule has 3 aromatic rings. The molecule has 1 amide bonds. The molecule has 3 heterocycles. The molecule has 174 valence electrons. The van der Waals surface area contributed by atoms with E-state index in [1.165, 1.54) is 23.5 Å². The van der Waals surface area contributed by atoms with E-state index in [9.17, 15) is 19.1 Å². The standard InChI is InChI=1S/C23H25FN4O4S/c1-4-9-27-12-17(13(2)32-3)28-11-16(20(29)21(30)19(28)23(27)31)22-26-25-18(33-22)10-14-5-7-15(24)8-6-14/h5-8,11,13,17,30H,4,9-10,12H2,1-3H3/t13?,17-/m1/s1. The third kappa shape index (κ3) is 4.40. The average molecular weight is 473 g/mol. The molecule has 0 spiro atoms. The number of carbonyl (C=O) groups is 1. The monoisotopic (exact) mass is 472 g/mol. The van der Waals surface area contributed by atoms with Crippen molar-refractivity contribution in [3.05, 3.63) is 62.8 Å². The van der Waals surface area contributed by atoms with E-state index in [1.54, 1.807) is 34.9 Å². The lowest BCUT2D eigenvalue weighted by Gasteiger charge is -2.38. The van der Waals surface area contributed by atoms with Crippen LogP contribution in [-0.2, 0) is 11.2 Å². The van der Waals surface area contributed by atoms with Crippen LogP contribution in [-0.4, -0.2) is 57.0 Å². The first kappa shape index (κ1) is 23.1. The summed E-state index contributed by atoms with van der Waals surface area (Å²) in [6.45, 7) is 4.77. The number of aromatic hydroxyl groups is 1. The highest BCUT2D eigenvalue weighted by molar-refractivity contribution is 7.14. The molecule has 10 heteroatoms. The van der Waals surface area contributed by atoms with E-state index in [2.05, 4.69) is 10.2 Å². The summed E-state index contributed by atoms with van der Waals surface area (Å²) in [6, 6.07) is 5.80. The van der Waals surface area contributed by atoms with Gasteiger partial charge in [0.15, 0.2) is 16.5 Å². The number of hydrogen-bond acceptors (Lipinski definition) is 7. The van der Waals surface area contributed by atoms with Gasteiger partial charge in [0.25, 0.3) is 5.91 Å². The summed E-state index contributed by atoms with van der Waals surface area (Å²) in [4.78, 5) is 27.7. The van der Waals surface area contributed by atoms with Crippen molar-refractivity contribution in [2.45, 2.75) is 38.8 Å². The summed E-state index contributed by atoms with van der Waals surface area (Å²) in [5.41, 5.74) is 0.332. The van der Waals surface area contributed by atoms with Crippen LogP contribution in [0.15, 0.2) is 35.3 Å². The molecule has 0 aliphatic carbocycles. The lowest BCUT2D eigenvalue weighted by atomic mass is 10.0. The molecule has 1 aliphatic rings. The Morgan fingerprint density at radius 3 is 2.67 bits per heavy atom. The number of pyridine rings is 1. The van der Waals surface area contributed by atoms with E-state index in [0.29, 0.717) is 29.5 Å². The molecule has 4 rings (SSSR count). The van der Waals surface area contributed by atoms with Crippen molar-refractivity contribution in [1.29, 1.82) is 0 Å². The number of ether oxygens (including phenoxy) is 1. The van der Waals surface area contributed by atoms with E-state index in [4.69, 9.17) is 4.74 Å². The SMILES string of the molecule is CCCN1C[C@H](C(C)OC)n2cc(-c3nnc(Cc4ccc(F)cc4)s3)c(=O)c(O)c2C1=O. The zero-order valence-corrected chi connectivity index (χ0v) is 19.4. The zero-order chi connectivity index (χ0) is 23.7.